The van der Waals surface area contributed by atoms with Crippen molar-refractivity contribution in [3.8, 4) is 33.6 Å². The highest BCUT2D eigenvalue weighted by Crippen LogP contribution is 2.55. The SMILES string of the molecule is COC(=O)C[C@@H](C(=O)N1[C@@H]2C[C@@H]2C[C@H]1c1ncc(-c2ccc(-c3ccc(-c4nc([C@@H]5C[C@H]6C[C@H]6N5C(=O)[C@H](NC(=O)OC)[C@@H]5CCCOC5)[nH]c4Cl)cc3)cc2)[nH]1)[C@H]1CCCOC1. The van der Waals surface area contributed by atoms with Gasteiger partial charge in [-0.15, -0.1) is 0 Å². The number of ether oxygens (including phenoxy) is 4. The maximum absolute atomic E-state index is 14.3. The van der Waals surface area contributed by atoms with Crippen LogP contribution in [0.2, 0.25) is 5.15 Å². The van der Waals surface area contributed by atoms with Crippen molar-refractivity contribution < 1.29 is 38.1 Å². The Morgan fingerprint density at radius 2 is 1.35 bits per heavy atom. The molecule has 0 unspecified atom stereocenters. The second-order valence-corrected chi connectivity index (χ2v) is 18.6. The molecule has 63 heavy (non-hydrogen) atoms. The molecule has 10 rings (SSSR count). The highest BCUT2D eigenvalue weighted by Gasteiger charge is 2.58. The summed E-state index contributed by atoms with van der Waals surface area (Å²) in [6, 6.07) is 15.4. The number of aromatic nitrogens is 4. The van der Waals surface area contributed by atoms with Crippen molar-refractivity contribution in [3.63, 3.8) is 0 Å². The number of carbonyl (C=O) groups is 4. The van der Waals surface area contributed by atoms with Crippen molar-refractivity contribution in [1.29, 1.82) is 0 Å². The third-order valence-corrected chi connectivity index (χ3v) is 14.7. The van der Waals surface area contributed by atoms with Gasteiger partial charge in [0.2, 0.25) is 11.8 Å². The van der Waals surface area contributed by atoms with Crippen LogP contribution in [0.25, 0.3) is 33.6 Å². The molecule has 2 aromatic carbocycles. The minimum atomic E-state index is -0.755. The number of fused-ring (bicyclic) bond motifs is 2. The van der Waals surface area contributed by atoms with Gasteiger partial charge in [0, 0.05) is 36.8 Å². The van der Waals surface area contributed by atoms with E-state index in [2.05, 4.69) is 39.6 Å². The minimum absolute atomic E-state index is 0.00307. The summed E-state index contributed by atoms with van der Waals surface area (Å²) in [6.07, 6.45) is 8.13. The highest BCUT2D eigenvalue weighted by molar-refractivity contribution is 6.32. The third kappa shape index (κ3) is 8.23. The number of carbonyl (C=O) groups excluding carboxylic acids is 4. The Hall–Kier alpha value is -5.25. The molecular weight excluding hydrogens is 826 g/mol. The molecule has 0 radical (unpaired) electrons. The molecule has 2 saturated carbocycles. The predicted molar refractivity (Wildman–Crippen MR) is 231 cm³/mol. The molecule has 4 aromatic rings. The molecule has 0 spiro atoms. The molecule has 16 heteroatoms. The first-order valence-corrected chi connectivity index (χ1v) is 22.8. The van der Waals surface area contributed by atoms with Gasteiger partial charge in [-0.2, -0.15) is 0 Å². The van der Waals surface area contributed by atoms with Crippen LogP contribution in [0, 0.1) is 29.6 Å². The summed E-state index contributed by atoms with van der Waals surface area (Å²) >= 11 is 6.82. The quantitative estimate of drug-likeness (QED) is 0.127. The van der Waals surface area contributed by atoms with Gasteiger partial charge < -0.3 is 44.0 Å². The lowest BCUT2D eigenvalue weighted by atomic mass is 9.84. The van der Waals surface area contributed by atoms with Gasteiger partial charge in [0.25, 0.3) is 0 Å². The van der Waals surface area contributed by atoms with Gasteiger partial charge in [-0.05, 0) is 85.8 Å². The standard InChI is InChI=1S/C47H54ClN7O8/c1-60-39(56)21-33(29-5-3-15-62-23-29)45(57)54-35-17-31(35)19-37(54)43-49-22-34(50-43)27-11-7-25(8-12-27)26-9-13-28(14-10-26)40-42(48)53-44(51-40)38-20-32-18-36(32)55(38)46(58)41(52-47(59)61-2)30-6-4-16-63-24-30/h7-14,22,29-33,35-38,41H,3-6,15-21,23-24H2,1-2H3,(H,49,50)(H,51,53)(H,52,59)/t29-,30+,31+,32+,33+,35+,36+,37-,38-,41+/m0/s1. The van der Waals surface area contributed by atoms with Gasteiger partial charge in [-0.1, -0.05) is 60.1 Å². The lowest BCUT2D eigenvalue weighted by molar-refractivity contribution is -0.151. The van der Waals surface area contributed by atoms with E-state index in [0.29, 0.717) is 54.9 Å². The number of rotatable bonds is 12. The number of halogens is 1. The van der Waals surface area contributed by atoms with Crippen molar-refractivity contribution in [1.82, 2.24) is 35.1 Å². The number of nitrogens with zero attached hydrogens (tertiary/aromatic N) is 4. The smallest absolute Gasteiger partial charge is 0.407 e. The van der Waals surface area contributed by atoms with Crippen molar-refractivity contribution in [2.75, 3.05) is 40.6 Å². The van der Waals surface area contributed by atoms with E-state index in [1.165, 1.54) is 14.2 Å². The number of H-pyrrole nitrogens is 2. The summed E-state index contributed by atoms with van der Waals surface area (Å²) in [5.74, 6) is 1.08. The van der Waals surface area contributed by atoms with E-state index in [1.807, 2.05) is 40.3 Å². The molecule has 6 heterocycles. The van der Waals surface area contributed by atoms with Crippen LogP contribution < -0.4 is 5.32 Å². The van der Waals surface area contributed by atoms with Gasteiger partial charge in [-0.25, -0.2) is 14.8 Å². The van der Waals surface area contributed by atoms with E-state index in [1.54, 1.807) is 0 Å². The second kappa shape index (κ2) is 17.4. The van der Waals surface area contributed by atoms with Crippen molar-refractivity contribution in [2.24, 2.45) is 29.6 Å². The number of aromatic amines is 2. The summed E-state index contributed by atoms with van der Waals surface area (Å²) in [6.45, 7) is 2.21. The molecule has 332 valence electrons. The monoisotopic (exact) mass is 879 g/mol. The zero-order chi connectivity index (χ0) is 43.4. The van der Waals surface area contributed by atoms with Crippen molar-refractivity contribution in [3.05, 3.63) is 71.5 Å². The molecular formula is C47H54ClN7O8. The Labute approximate surface area is 370 Å². The molecule has 2 aromatic heterocycles. The normalized spacial score (nSPS) is 28.1. The van der Waals surface area contributed by atoms with Crippen LogP contribution in [0.5, 0.6) is 0 Å². The molecule has 6 fully saturated rings. The highest BCUT2D eigenvalue weighted by atomic mass is 35.5. The lowest BCUT2D eigenvalue weighted by Gasteiger charge is -2.35. The van der Waals surface area contributed by atoms with Gasteiger partial charge >= 0.3 is 12.1 Å². The van der Waals surface area contributed by atoms with E-state index in [-0.39, 0.29) is 60.2 Å². The maximum Gasteiger partial charge on any atom is 0.407 e. The van der Waals surface area contributed by atoms with E-state index in [4.69, 9.17) is 40.5 Å². The van der Waals surface area contributed by atoms with Crippen LogP contribution in [0.3, 0.4) is 0 Å². The van der Waals surface area contributed by atoms with Crippen LogP contribution in [-0.2, 0) is 33.3 Å². The largest absolute Gasteiger partial charge is 0.469 e. The topological polar surface area (TPSA) is 181 Å². The van der Waals surface area contributed by atoms with Crippen molar-refractivity contribution >= 4 is 35.5 Å². The van der Waals surface area contributed by atoms with E-state index in [0.717, 1.165) is 85.1 Å². The third-order valence-electron chi connectivity index (χ3n) is 14.4. The van der Waals surface area contributed by atoms with Crippen LogP contribution in [0.1, 0.15) is 81.5 Å². The first kappa shape index (κ1) is 41.7. The molecule has 3 N–H and O–H groups in total. The Kier molecular flexibility index (Phi) is 11.5. The zero-order valence-electron chi connectivity index (χ0n) is 35.6. The number of esters is 1. The number of imidazole rings is 2. The maximum atomic E-state index is 14.3. The van der Waals surface area contributed by atoms with Gasteiger partial charge in [-0.3, -0.25) is 14.4 Å². The average Bonchev–Trinajstić information content (AvgIpc) is 3.97. The fraction of sp³-hybridized carbons (Fsp3) is 0.532. The Balaban J connectivity index is 0.817. The van der Waals surface area contributed by atoms with Crippen LogP contribution in [-0.4, -0.2) is 112 Å². The van der Waals surface area contributed by atoms with Crippen LogP contribution in [0.4, 0.5) is 4.79 Å². The number of methoxy groups -OCH3 is 2. The summed E-state index contributed by atoms with van der Waals surface area (Å²) in [4.78, 5) is 73.8. The summed E-state index contributed by atoms with van der Waals surface area (Å²) < 4.78 is 21.3. The zero-order valence-corrected chi connectivity index (χ0v) is 36.4. The van der Waals surface area contributed by atoms with Crippen LogP contribution in [0.15, 0.2) is 54.7 Å². The Bertz CT molecular complexity index is 2340. The average molecular weight is 880 g/mol. The number of amides is 3. The Morgan fingerprint density at radius 3 is 1.95 bits per heavy atom. The molecule has 0 bridgehead atoms. The summed E-state index contributed by atoms with van der Waals surface area (Å²) in [5, 5.41) is 3.22. The molecule has 10 atom stereocenters. The summed E-state index contributed by atoms with van der Waals surface area (Å²) in [7, 11) is 2.67. The number of hydrogen-bond acceptors (Lipinski definition) is 10. The molecule has 2 aliphatic carbocycles. The van der Waals surface area contributed by atoms with Crippen LogP contribution >= 0.6 is 11.6 Å². The lowest BCUT2D eigenvalue weighted by Crippen LogP contribution is -2.54. The summed E-state index contributed by atoms with van der Waals surface area (Å²) in [5.41, 5.74) is 5.37. The predicted octanol–water partition coefficient (Wildman–Crippen LogP) is 6.87. The number of alkyl carbamates (subject to hydrolysis) is 1. The second-order valence-electron chi connectivity index (χ2n) is 18.2. The number of likely N-dealkylation sites (tertiary alicyclic amines) is 2. The van der Waals surface area contributed by atoms with E-state index < -0.39 is 18.1 Å². The number of nitrogens with one attached hydrogen (secondary N) is 3. The molecule has 6 aliphatic rings. The Morgan fingerprint density at radius 1 is 0.762 bits per heavy atom. The fourth-order valence-electron chi connectivity index (χ4n) is 10.8. The van der Waals surface area contributed by atoms with Gasteiger partial charge in [0.05, 0.1) is 63.7 Å². The number of hydrogen-bond donors (Lipinski definition) is 3. The van der Waals surface area contributed by atoms with E-state index in [9.17, 15) is 19.2 Å². The molecule has 4 aliphatic heterocycles. The minimum Gasteiger partial charge on any atom is -0.469 e. The molecule has 3 amide bonds. The number of piperidine rings is 2. The van der Waals surface area contributed by atoms with Crippen molar-refractivity contribution in [2.45, 2.75) is 88.0 Å². The number of benzene rings is 2. The molecule has 15 nitrogen and oxygen atoms in total. The van der Waals surface area contributed by atoms with Gasteiger partial charge in [0.15, 0.2) is 0 Å². The molecule has 4 saturated heterocycles. The van der Waals surface area contributed by atoms with Gasteiger partial charge in [0.1, 0.15) is 28.5 Å². The first-order valence-electron chi connectivity index (χ1n) is 22.4. The van der Waals surface area contributed by atoms with E-state index >= 15 is 0 Å². The first-order chi connectivity index (χ1) is 30.7. The fourth-order valence-corrected chi connectivity index (χ4v) is 11.1.